The van der Waals surface area contributed by atoms with Gasteiger partial charge in [-0.15, -0.1) is 0 Å². The maximum atomic E-state index is 5.59. The number of nitrogens with zero attached hydrogens (tertiary/aromatic N) is 2. The predicted molar refractivity (Wildman–Crippen MR) is 123 cm³/mol. The average molecular weight is 417 g/mol. The second-order valence-electron chi connectivity index (χ2n) is 8.75. The number of nitrogens with one attached hydrogen (secondary N) is 2. The summed E-state index contributed by atoms with van der Waals surface area (Å²) in [6.45, 7) is 11.2. The number of methoxy groups -OCH3 is 1. The number of rotatable bonds is 10. The third-order valence-electron chi connectivity index (χ3n) is 6.54. The number of aliphatic imine (C=N–C) groups is 1. The van der Waals surface area contributed by atoms with Gasteiger partial charge in [-0.3, -0.25) is 9.89 Å². The molecule has 6 nitrogen and oxygen atoms in total. The van der Waals surface area contributed by atoms with Crippen molar-refractivity contribution < 1.29 is 9.47 Å². The molecule has 1 aromatic carbocycles. The van der Waals surface area contributed by atoms with Crippen molar-refractivity contribution in [1.29, 1.82) is 0 Å². The Hall–Kier alpha value is -1.63. The van der Waals surface area contributed by atoms with Crippen LogP contribution in [0.5, 0.6) is 0 Å². The van der Waals surface area contributed by atoms with Crippen LogP contribution in [0.25, 0.3) is 0 Å². The minimum Gasteiger partial charge on any atom is -0.385 e. The lowest BCUT2D eigenvalue weighted by Crippen LogP contribution is -2.46. The summed E-state index contributed by atoms with van der Waals surface area (Å²) < 4.78 is 10.9. The zero-order valence-electron chi connectivity index (χ0n) is 19.1. The summed E-state index contributed by atoms with van der Waals surface area (Å²) in [4.78, 5) is 7.51. The summed E-state index contributed by atoms with van der Waals surface area (Å²) in [5, 5.41) is 7.08. The van der Waals surface area contributed by atoms with Crippen molar-refractivity contribution in [3.63, 3.8) is 0 Å². The zero-order chi connectivity index (χ0) is 21.2. The van der Waals surface area contributed by atoms with E-state index in [2.05, 4.69) is 53.6 Å². The van der Waals surface area contributed by atoms with Crippen LogP contribution < -0.4 is 10.6 Å². The summed E-state index contributed by atoms with van der Waals surface area (Å²) >= 11 is 0. The molecule has 0 amide bonds. The van der Waals surface area contributed by atoms with E-state index in [9.17, 15) is 0 Å². The molecule has 6 heteroatoms. The number of aryl methyl sites for hydroxylation is 1. The number of ether oxygens (including phenoxy) is 2. The molecule has 2 aliphatic rings. The molecule has 0 spiro atoms. The molecule has 30 heavy (non-hydrogen) atoms. The highest BCUT2D eigenvalue weighted by molar-refractivity contribution is 5.79. The molecule has 2 fully saturated rings. The Morgan fingerprint density at radius 2 is 2.07 bits per heavy atom. The lowest BCUT2D eigenvalue weighted by Gasteiger charge is -2.41. The van der Waals surface area contributed by atoms with Crippen LogP contribution in [-0.4, -0.2) is 70.5 Å². The van der Waals surface area contributed by atoms with E-state index in [1.165, 1.54) is 30.4 Å². The summed E-state index contributed by atoms with van der Waals surface area (Å²) in [5.74, 6) is 0.923. The van der Waals surface area contributed by atoms with Crippen molar-refractivity contribution in [3.8, 4) is 0 Å². The molecule has 0 bridgehead atoms. The molecule has 3 rings (SSSR count). The number of hydrogen-bond donors (Lipinski definition) is 2. The van der Waals surface area contributed by atoms with E-state index < -0.39 is 0 Å². The second-order valence-corrected chi connectivity index (χ2v) is 8.75. The highest BCUT2D eigenvalue weighted by atomic mass is 16.5. The molecular formula is C24H40N4O2. The number of hydrogen-bond acceptors (Lipinski definition) is 4. The predicted octanol–water partition coefficient (Wildman–Crippen LogP) is 3.13. The average Bonchev–Trinajstić information content (AvgIpc) is 2.73. The fraction of sp³-hybridized carbons (Fsp3) is 0.708. The van der Waals surface area contributed by atoms with Gasteiger partial charge in [-0.25, -0.2) is 0 Å². The molecule has 1 atom stereocenters. The summed E-state index contributed by atoms with van der Waals surface area (Å²) in [6, 6.07) is 9.18. The first-order valence-corrected chi connectivity index (χ1v) is 11.6. The van der Waals surface area contributed by atoms with E-state index >= 15 is 0 Å². The van der Waals surface area contributed by atoms with Crippen LogP contribution >= 0.6 is 0 Å². The Balaban J connectivity index is 1.67. The van der Waals surface area contributed by atoms with Gasteiger partial charge in [0.2, 0.25) is 0 Å². The van der Waals surface area contributed by atoms with Gasteiger partial charge in [0, 0.05) is 46.4 Å². The van der Waals surface area contributed by atoms with Gasteiger partial charge in [0.1, 0.15) is 0 Å². The monoisotopic (exact) mass is 416 g/mol. The first-order valence-electron chi connectivity index (χ1n) is 11.6. The van der Waals surface area contributed by atoms with Gasteiger partial charge in [0.05, 0.1) is 19.3 Å². The Kier molecular flexibility index (Phi) is 8.97. The Morgan fingerprint density at radius 1 is 1.27 bits per heavy atom. The van der Waals surface area contributed by atoms with Crippen LogP contribution in [0.3, 0.4) is 0 Å². The first-order chi connectivity index (χ1) is 14.7. The van der Waals surface area contributed by atoms with Gasteiger partial charge in [0.15, 0.2) is 5.96 Å². The molecule has 168 valence electrons. The molecular weight excluding hydrogens is 376 g/mol. The van der Waals surface area contributed by atoms with Crippen LogP contribution in [0.4, 0.5) is 0 Å². The summed E-state index contributed by atoms with van der Waals surface area (Å²) in [6.07, 6.45) is 4.94. The van der Waals surface area contributed by atoms with Crippen molar-refractivity contribution in [2.24, 2.45) is 10.4 Å². The van der Waals surface area contributed by atoms with Crippen LogP contribution in [0, 0.1) is 12.3 Å². The molecule has 1 saturated heterocycles. The second kappa shape index (κ2) is 11.7. The zero-order valence-corrected chi connectivity index (χ0v) is 19.1. The smallest absolute Gasteiger partial charge is 0.191 e. The van der Waals surface area contributed by atoms with Gasteiger partial charge in [-0.2, -0.15) is 0 Å². The Labute approximate surface area is 182 Å². The van der Waals surface area contributed by atoms with Crippen molar-refractivity contribution in [3.05, 3.63) is 35.4 Å². The number of guanidine groups is 1. The molecule has 0 radical (unpaired) electrons. The van der Waals surface area contributed by atoms with Crippen molar-refractivity contribution in [1.82, 2.24) is 15.5 Å². The van der Waals surface area contributed by atoms with E-state index in [0.29, 0.717) is 11.5 Å². The SMILES string of the molecule is CCNC(=NCC1(CCOC)CCC1)NCC(c1cccc(C)c1)N1CCOCC1. The highest BCUT2D eigenvalue weighted by Gasteiger charge is 2.36. The molecule has 0 aromatic heterocycles. The lowest BCUT2D eigenvalue weighted by atomic mass is 9.67. The largest absolute Gasteiger partial charge is 0.385 e. The number of benzene rings is 1. The summed E-state index contributed by atoms with van der Waals surface area (Å²) in [7, 11) is 1.79. The van der Waals surface area contributed by atoms with E-state index in [0.717, 1.165) is 64.9 Å². The maximum Gasteiger partial charge on any atom is 0.191 e. The first kappa shape index (κ1) is 23.0. The van der Waals surface area contributed by atoms with E-state index in [4.69, 9.17) is 14.5 Å². The standard InChI is InChI=1S/C24H40N4O2/c1-4-25-23(27-19-24(9-6-10-24)11-14-29-3)26-18-22(28-12-15-30-16-13-28)21-8-5-7-20(2)17-21/h5,7-8,17,22H,4,6,9-16,18-19H2,1-3H3,(H2,25,26,27). The highest BCUT2D eigenvalue weighted by Crippen LogP contribution is 2.44. The number of morpholine rings is 1. The maximum absolute atomic E-state index is 5.59. The third-order valence-corrected chi connectivity index (χ3v) is 6.54. The van der Waals surface area contributed by atoms with E-state index in [1.54, 1.807) is 7.11 Å². The van der Waals surface area contributed by atoms with Crippen LogP contribution in [-0.2, 0) is 9.47 Å². The van der Waals surface area contributed by atoms with Gasteiger partial charge >= 0.3 is 0 Å². The quantitative estimate of drug-likeness (QED) is 0.453. The topological polar surface area (TPSA) is 58.1 Å². The van der Waals surface area contributed by atoms with Gasteiger partial charge in [-0.1, -0.05) is 36.2 Å². The van der Waals surface area contributed by atoms with Gasteiger partial charge in [0.25, 0.3) is 0 Å². The normalized spacial score (nSPS) is 20.4. The molecule has 1 aliphatic heterocycles. The third kappa shape index (κ3) is 6.43. The lowest BCUT2D eigenvalue weighted by molar-refractivity contribution is 0.0169. The molecule has 1 aromatic rings. The molecule has 1 heterocycles. The molecule has 2 N–H and O–H groups in total. The van der Waals surface area contributed by atoms with Crippen LogP contribution in [0.15, 0.2) is 29.3 Å². The minimum absolute atomic E-state index is 0.309. The minimum atomic E-state index is 0.309. The van der Waals surface area contributed by atoms with E-state index in [1.807, 2.05) is 0 Å². The van der Waals surface area contributed by atoms with Crippen molar-refractivity contribution in [2.45, 2.75) is 45.6 Å². The molecule has 1 saturated carbocycles. The molecule has 1 aliphatic carbocycles. The van der Waals surface area contributed by atoms with Crippen LogP contribution in [0.1, 0.15) is 49.8 Å². The van der Waals surface area contributed by atoms with Crippen molar-refractivity contribution in [2.75, 3.05) is 59.7 Å². The van der Waals surface area contributed by atoms with Crippen LogP contribution in [0.2, 0.25) is 0 Å². The Morgan fingerprint density at radius 3 is 2.70 bits per heavy atom. The van der Waals surface area contributed by atoms with Crippen molar-refractivity contribution >= 4 is 5.96 Å². The Bertz CT molecular complexity index is 669. The van der Waals surface area contributed by atoms with E-state index in [-0.39, 0.29) is 0 Å². The van der Waals surface area contributed by atoms with Gasteiger partial charge < -0.3 is 20.1 Å². The fourth-order valence-electron chi connectivity index (χ4n) is 4.49. The van der Waals surface area contributed by atoms with Gasteiger partial charge in [-0.05, 0) is 44.1 Å². The molecule has 1 unspecified atom stereocenters. The summed E-state index contributed by atoms with van der Waals surface area (Å²) in [5.41, 5.74) is 2.99. The fourth-order valence-corrected chi connectivity index (χ4v) is 4.49.